The van der Waals surface area contributed by atoms with Crippen molar-refractivity contribution in [1.82, 2.24) is 0 Å². The summed E-state index contributed by atoms with van der Waals surface area (Å²) in [4.78, 5) is 12.0. The molecule has 124 valence electrons. The predicted octanol–water partition coefficient (Wildman–Crippen LogP) is 4.51. The van der Waals surface area contributed by atoms with Gasteiger partial charge in [-0.05, 0) is 43.3 Å². The van der Waals surface area contributed by atoms with Crippen LogP contribution in [0.3, 0.4) is 0 Å². The van der Waals surface area contributed by atoms with Gasteiger partial charge in [0, 0.05) is 10.6 Å². The first-order chi connectivity index (χ1) is 11.4. The van der Waals surface area contributed by atoms with E-state index in [-0.39, 0.29) is 28.5 Å². The molecule has 1 atom stereocenters. The molecule has 4 nitrogen and oxygen atoms in total. The van der Waals surface area contributed by atoms with Crippen molar-refractivity contribution in [1.29, 1.82) is 5.26 Å². The highest BCUT2D eigenvalue weighted by Crippen LogP contribution is 2.28. The van der Waals surface area contributed by atoms with Crippen molar-refractivity contribution in [2.75, 3.05) is 0 Å². The monoisotopic (exact) mass is 367 g/mol. The largest absolute Gasteiger partial charge is 0.477 e. The van der Waals surface area contributed by atoms with E-state index in [0.717, 1.165) is 6.07 Å². The highest BCUT2D eigenvalue weighted by atomic mass is 35.5. The molecule has 0 aliphatic heterocycles. The minimum absolute atomic E-state index is 0.110. The second-order valence-electron chi connectivity index (χ2n) is 4.86. The summed E-state index contributed by atoms with van der Waals surface area (Å²) in [5.74, 6) is -0.970. The van der Waals surface area contributed by atoms with E-state index in [2.05, 4.69) is 0 Å². The van der Waals surface area contributed by atoms with Crippen LogP contribution in [0.4, 0.5) is 4.39 Å². The SMILES string of the molecule is CC(Oc1ccc(Cl)cc1Cl)C(=O)OCc1cc(C#N)ccc1F. The molecule has 0 amide bonds. The van der Waals surface area contributed by atoms with Gasteiger partial charge in [0.25, 0.3) is 0 Å². The first-order valence-corrected chi connectivity index (χ1v) is 7.63. The summed E-state index contributed by atoms with van der Waals surface area (Å²) in [5.41, 5.74) is 0.388. The zero-order valence-corrected chi connectivity index (χ0v) is 14.1. The highest BCUT2D eigenvalue weighted by molar-refractivity contribution is 6.35. The van der Waals surface area contributed by atoms with E-state index in [1.165, 1.54) is 31.2 Å². The van der Waals surface area contributed by atoms with Crippen molar-refractivity contribution in [2.45, 2.75) is 19.6 Å². The number of rotatable bonds is 5. The van der Waals surface area contributed by atoms with Crippen molar-refractivity contribution in [3.8, 4) is 11.8 Å². The molecule has 0 radical (unpaired) electrons. The molecule has 0 fully saturated rings. The maximum absolute atomic E-state index is 13.6. The maximum atomic E-state index is 13.6. The third-order valence-electron chi connectivity index (χ3n) is 3.07. The quantitative estimate of drug-likeness (QED) is 0.729. The molecular weight excluding hydrogens is 356 g/mol. The normalized spacial score (nSPS) is 11.5. The van der Waals surface area contributed by atoms with Crippen LogP contribution in [0.2, 0.25) is 10.0 Å². The highest BCUT2D eigenvalue weighted by Gasteiger charge is 2.18. The summed E-state index contributed by atoms with van der Waals surface area (Å²) in [6, 6.07) is 10.3. The van der Waals surface area contributed by atoms with E-state index in [1.54, 1.807) is 6.07 Å². The molecule has 1 unspecified atom stereocenters. The number of carbonyl (C=O) groups is 1. The molecule has 0 saturated heterocycles. The Kier molecular flexibility index (Phi) is 6.02. The molecule has 0 saturated carbocycles. The minimum Gasteiger partial charge on any atom is -0.477 e. The van der Waals surface area contributed by atoms with Crippen molar-refractivity contribution < 1.29 is 18.7 Å². The van der Waals surface area contributed by atoms with Crippen molar-refractivity contribution in [2.24, 2.45) is 0 Å². The van der Waals surface area contributed by atoms with Crippen LogP contribution >= 0.6 is 23.2 Å². The van der Waals surface area contributed by atoms with E-state index in [1.807, 2.05) is 6.07 Å². The average molecular weight is 368 g/mol. The number of carbonyl (C=O) groups excluding carboxylic acids is 1. The Morgan fingerprint density at radius 3 is 2.71 bits per heavy atom. The Labute approximate surface area is 148 Å². The van der Waals surface area contributed by atoms with E-state index < -0.39 is 17.9 Å². The molecule has 2 aromatic carbocycles. The van der Waals surface area contributed by atoms with Gasteiger partial charge in [0.1, 0.15) is 18.2 Å². The molecule has 0 aliphatic rings. The number of benzene rings is 2. The summed E-state index contributed by atoms with van der Waals surface area (Å²) >= 11 is 11.7. The Bertz CT molecular complexity index is 805. The third-order valence-corrected chi connectivity index (χ3v) is 3.60. The average Bonchev–Trinajstić information content (AvgIpc) is 2.56. The van der Waals surface area contributed by atoms with Gasteiger partial charge in [-0.1, -0.05) is 23.2 Å². The van der Waals surface area contributed by atoms with Gasteiger partial charge in [0.2, 0.25) is 0 Å². The van der Waals surface area contributed by atoms with Gasteiger partial charge in [-0.3, -0.25) is 0 Å². The van der Waals surface area contributed by atoms with Gasteiger partial charge in [-0.15, -0.1) is 0 Å². The van der Waals surface area contributed by atoms with Crippen molar-refractivity contribution in [3.63, 3.8) is 0 Å². The van der Waals surface area contributed by atoms with Gasteiger partial charge in [-0.25, -0.2) is 9.18 Å². The zero-order chi connectivity index (χ0) is 17.7. The number of nitriles is 1. The van der Waals surface area contributed by atoms with Crippen molar-refractivity contribution in [3.05, 3.63) is 63.4 Å². The molecule has 0 heterocycles. The van der Waals surface area contributed by atoms with Crippen LogP contribution in [-0.4, -0.2) is 12.1 Å². The van der Waals surface area contributed by atoms with Gasteiger partial charge in [-0.2, -0.15) is 5.26 Å². The van der Waals surface area contributed by atoms with E-state index >= 15 is 0 Å². The molecule has 2 rings (SSSR count). The number of esters is 1. The van der Waals surface area contributed by atoms with Crippen molar-refractivity contribution >= 4 is 29.2 Å². The van der Waals surface area contributed by atoms with Crippen LogP contribution in [0.15, 0.2) is 36.4 Å². The first-order valence-electron chi connectivity index (χ1n) is 6.87. The third kappa shape index (κ3) is 4.60. The molecule has 0 N–H and O–H groups in total. The Morgan fingerprint density at radius 2 is 2.04 bits per heavy atom. The molecule has 0 bridgehead atoms. The van der Waals surface area contributed by atoms with E-state index in [9.17, 15) is 9.18 Å². The minimum atomic E-state index is -0.953. The maximum Gasteiger partial charge on any atom is 0.347 e. The fraction of sp³-hybridized carbons (Fsp3) is 0.176. The second kappa shape index (κ2) is 8.00. The lowest BCUT2D eigenvalue weighted by Crippen LogP contribution is -2.26. The van der Waals surface area contributed by atoms with Crippen LogP contribution in [0.1, 0.15) is 18.1 Å². The molecule has 0 spiro atoms. The molecular formula is C17H12Cl2FNO3. The van der Waals surface area contributed by atoms with E-state index in [4.69, 9.17) is 37.9 Å². The summed E-state index contributed by atoms with van der Waals surface area (Å²) < 4.78 is 24.1. The summed E-state index contributed by atoms with van der Waals surface area (Å²) in [6.07, 6.45) is -0.953. The van der Waals surface area contributed by atoms with Crippen LogP contribution in [0.5, 0.6) is 5.75 Å². The van der Waals surface area contributed by atoms with Gasteiger partial charge in [0.15, 0.2) is 6.10 Å². The van der Waals surface area contributed by atoms with Gasteiger partial charge < -0.3 is 9.47 Å². The number of ether oxygens (including phenoxy) is 2. The summed E-state index contributed by atoms with van der Waals surface area (Å²) in [7, 11) is 0. The van der Waals surface area contributed by atoms with Gasteiger partial charge in [0.05, 0.1) is 16.7 Å². The second-order valence-corrected chi connectivity index (χ2v) is 5.70. The Hall–Kier alpha value is -2.29. The first kappa shape index (κ1) is 18.1. The lowest BCUT2D eigenvalue weighted by atomic mass is 10.1. The zero-order valence-electron chi connectivity index (χ0n) is 12.6. The Morgan fingerprint density at radius 1 is 1.29 bits per heavy atom. The molecule has 0 aliphatic carbocycles. The van der Waals surface area contributed by atoms with Crippen LogP contribution in [-0.2, 0) is 16.1 Å². The fourth-order valence-corrected chi connectivity index (χ4v) is 2.28. The standard InChI is InChI=1S/C17H12Cl2FNO3/c1-10(24-16-5-3-13(18)7-14(16)19)17(22)23-9-12-6-11(8-21)2-4-15(12)20/h2-7,10H,9H2,1H3. The number of nitrogens with zero attached hydrogens (tertiary/aromatic N) is 1. The van der Waals surface area contributed by atoms with Crippen LogP contribution in [0.25, 0.3) is 0 Å². The van der Waals surface area contributed by atoms with E-state index in [0.29, 0.717) is 5.02 Å². The number of hydrogen-bond acceptors (Lipinski definition) is 4. The molecule has 24 heavy (non-hydrogen) atoms. The number of hydrogen-bond donors (Lipinski definition) is 0. The lowest BCUT2D eigenvalue weighted by Gasteiger charge is -2.15. The topological polar surface area (TPSA) is 59.3 Å². The smallest absolute Gasteiger partial charge is 0.347 e. The predicted molar refractivity (Wildman–Crippen MR) is 87.5 cm³/mol. The van der Waals surface area contributed by atoms with Gasteiger partial charge >= 0.3 is 5.97 Å². The summed E-state index contributed by atoms with van der Waals surface area (Å²) in [5, 5.41) is 9.51. The molecule has 2 aromatic rings. The fourth-order valence-electron chi connectivity index (χ4n) is 1.83. The summed E-state index contributed by atoms with van der Waals surface area (Å²) in [6.45, 7) is 1.18. The molecule has 0 aromatic heterocycles. The lowest BCUT2D eigenvalue weighted by molar-refractivity contribution is -0.152. The van der Waals surface area contributed by atoms with Crippen LogP contribution < -0.4 is 4.74 Å². The van der Waals surface area contributed by atoms with Crippen LogP contribution in [0, 0.1) is 17.1 Å². The Balaban J connectivity index is 1.98. The molecule has 7 heteroatoms. The number of halogens is 3.